The van der Waals surface area contributed by atoms with Gasteiger partial charge in [-0.2, -0.15) is 4.98 Å². The molecule has 0 bridgehead atoms. The van der Waals surface area contributed by atoms with Gasteiger partial charge in [-0.15, -0.1) is 0 Å². The molecule has 0 atom stereocenters. The van der Waals surface area contributed by atoms with Gasteiger partial charge in [0.05, 0.1) is 13.2 Å². The van der Waals surface area contributed by atoms with Crippen LogP contribution in [0.1, 0.15) is 0 Å². The van der Waals surface area contributed by atoms with Crippen molar-refractivity contribution in [3.8, 4) is 0 Å². The first-order valence-corrected chi connectivity index (χ1v) is 5.07. The maximum Gasteiger partial charge on any atom is 0.330 e. The van der Waals surface area contributed by atoms with E-state index in [0.29, 0.717) is 24.7 Å². The number of aromatic nitrogens is 4. The maximum atomic E-state index is 11.6. The lowest BCUT2D eigenvalue weighted by Crippen LogP contribution is -2.31. The summed E-state index contributed by atoms with van der Waals surface area (Å²) in [6.07, 6.45) is 0. The number of aromatic amines is 2. The molecular weight excluding hydrogens is 226 g/mol. The van der Waals surface area contributed by atoms with Crippen LogP contribution >= 0.6 is 0 Å². The van der Waals surface area contributed by atoms with E-state index < -0.39 is 11.2 Å². The Kier molecular flexibility index (Phi) is 2.96. The second kappa shape index (κ2) is 4.42. The molecule has 92 valence electrons. The van der Waals surface area contributed by atoms with Crippen molar-refractivity contribution in [2.75, 3.05) is 26.1 Å². The summed E-state index contributed by atoms with van der Waals surface area (Å²) < 4.78 is 6.27. The predicted molar refractivity (Wildman–Crippen MR) is 62.4 cm³/mol. The molecular formula is C9H13N5O3. The van der Waals surface area contributed by atoms with Gasteiger partial charge in [0, 0.05) is 14.2 Å². The van der Waals surface area contributed by atoms with Crippen LogP contribution in [-0.4, -0.2) is 40.3 Å². The van der Waals surface area contributed by atoms with E-state index in [4.69, 9.17) is 4.74 Å². The van der Waals surface area contributed by atoms with Gasteiger partial charge in [0.15, 0.2) is 11.2 Å². The number of fused-ring (bicyclic) bond motifs is 1. The highest BCUT2D eigenvalue weighted by molar-refractivity contribution is 5.72. The zero-order valence-electron chi connectivity index (χ0n) is 9.53. The van der Waals surface area contributed by atoms with Crippen molar-refractivity contribution in [1.82, 2.24) is 19.5 Å². The molecule has 0 saturated carbocycles. The van der Waals surface area contributed by atoms with Crippen molar-refractivity contribution in [2.24, 2.45) is 0 Å². The molecule has 0 fully saturated rings. The number of ether oxygens (including phenoxy) is 1. The molecule has 0 aliphatic carbocycles. The first kappa shape index (κ1) is 11.4. The lowest BCUT2D eigenvalue weighted by molar-refractivity contribution is 0.187. The molecule has 0 aromatic carbocycles. The smallest absolute Gasteiger partial charge is 0.330 e. The van der Waals surface area contributed by atoms with Gasteiger partial charge in [-0.25, -0.2) is 4.79 Å². The van der Waals surface area contributed by atoms with E-state index in [0.717, 1.165) is 0 Å². The molecule has 17 heavy (non-hydrogen) atoms. The molecule has 2 aromatic rings. The third-order valence-corrected chi connectivity index (χ3v) is 2.39. The van der Waals surface area contributed by atoms with Crippen molar-refractivity contribution < 1.29 is 4.74 Å². The third kappa shape index (κ3) is 1.94. The van der Waals surface area contributed by atoms with E-state index in [2.05, 4.69) is 20.3 Å². The average Bonchev–Trinajstić information content (AvgIpc) is 2.73. The number of H-pyrrole nitrogens is 2. The van der Waals surface area contributed by atoms with Crippen LogP contribution in [-0.2, 0) is 11.3 Å². The second-order valence-corrected chi connectivity index (χ2v) is 3.44. The summed E-state index contributed by atoms with van der Waals surface area (Å²) in [5.41, 5.74) is -0.383. The molecule has 0 saturated heterocycles. The molecule has 8 heteroatoms. The molecule has 2 rings (SSSR count). The van der Waals surface area contributed by atoms with Crippen LogP contribution < -0.4 is 16.6 Å². The zero-order valence-corrected chi connectivity index (χ0v) is 9.53. The van der Waals surface area contributed by atoms with Crippen LogP contribution in [0.15, 0.2) is 9.59 Å². The highest BCUT2D eigenvalue weighted by Gasteiger charge is 2.11. The van der Waals surface area contributed by atoms with Crippen molar-refractivity contribution >= 4 is 17.1 Å². The van der Waals surface area contributed by atoms with Gasteiger partial charge >= 0.3 is 5.69 Å². The van der Waals surface area contributed by atoms with Crippen molar-refractivity contribution in [1.29, 1.82) is 0 Å². The first-order valence-electron chi connectivity index (χ1n) is 5.07. The topological polar surface area (TPSA) is 105 Å². The van der Waals surface area contributed by atoms with Crippen LogP contribution in [0.3, 0.4) is 0 Å². The van der Waals surface area contributed by atoms with Crippen LogP contribution in [0.2, 0.25) is 0 Å². The van der Waals surface area contributed by atoms with Gasteiger partial charge in [0.2, 0.25) is 5.95 Å². The number of anilines is 1. The monoisotopic (exact) mass is 239 g/mol. The Hall–Kier alpha value is -2.09. The van der Waals surface area contributed by atoms with E-state index in [9.17, 15) is 9.59 Å². The lowest BCUT2D eigenvalue weighted by Gasteiger charge is -2.03. The van der Waals surface area contributed by atoms with Crippen LogP contribution in [0.4, 0.5) is 5.95 Å². The minimum atomic E-state index is -0.492. The first-order chi connectivity index (χ1) is 8.17. The second-order valence-electron chi connectivity index (χ2n) is 3.44. The molecule has 2 aromatic heterocycles. The standard InChI is InChI=1S/C9H13N5O3/c1-10-8-11-5-6(12-8)14(3-4-17-2)9(16)13-7(5)15/h3-4H2,1-2H3,(H2,10,11,12)(H,13,15,16). The summed E-state index contributed by atoms with van der Waals surface area (Å²) in [6.45, 7) is 0.694. The Morgan fingerprint density at radius 2 is 2.18 bits per heavy atom. The van der Waals surface area contributed by atoms with Crippen molar-refractivity contribution in [3.05, 3.63) is 20.8 Å². The summed E-state index contributed by atoms with van der Waals surface area (Å²) in [4.78, 5) is 32.3. The number of hydrogen-bond donors (Lipinski definition) is 3. The fourth-order valence-corrected chi connectivity index (χ4v) is 1.55. The quantitative estimate of drug-likeness (QED) is 0.641. The molecule has 2 heterocycles. The predicted octanol–water partition coefficient (Wildman–Crippen LogP) is -0.899. The third-order valence-electron chi connectivity index (χ3n) is 2.39. The molecule has 0 aliphatic heterocycles. The fraction of sp³-hybridized carbons (Fsp3) is 0.444. The highest BCUT2D eigenvalue weighted by Crippen LogP contribution is 2.07. The van der Waals surface area contributed by atoms with E-state index >= 15 is 0 Å². The Balaban J connectivity index is 2.68. The number of hydrogen-bond acceptors (Lipinski definition) is 5. The Labute approximate surface area is 95.6 Å². The molecule has 0 amide bonds. The summed E-state index contributed by atoms with van der Waals surface area (Å²) in [7, 11) is 3.21. The molecule has 0 aliphatic rings. The minimum absolute atomic E-state index is 0.269. The van der Waals surface area contributed by atoms with E-state index in [1.165, 1.54) is 11.7 Å². The summed E-state index contributed by atoms with van der Waals surface area (Å²) >= 11 is 0. The molecule has 3 N–H and O–H groups in total. The van der Waals surface area contributed by atoms with E-state index in [1.54, 1.807) is 7.05 Å². The summed E-state index contributed by atoms with van der Waals surface area (Å²) in [6, 6.07) is 0. The average molecular weight is 239 g/mol. The van der Waals surface area contributed by atoms with Crippen LogP contribution in [0, 0.1) is 0 Å². The molecule has 0 spiro atoms. The van der Waals surface area contributed by atoms with Gasteiger partial charge in [0.1, 0.15) is 0 Å². The largest absolute Gasteiger partial charge is 0.383 e. The zero-order chi connectivity index (χ0) is 12.4. The number of imidazole rings is 1. The van der Waals surface area contributed by atoms with Gasteiger partial charge < -0.3 is 15.0 Å². The SMILES string of the molecule is CNc1nc2c([nH]1)c(=O)[nH]c(=O)n2CCOC. The van der Waals surface area contributed by atoms with E-state index in [1.807, 2.05) is 0 Å². The molecule has 8 nitrogen and oxygen atoms in total. The fourth-order valence-electron chi connectivity index (χ4n) is 1.55. The van der Waals surface area contributed by atoms with E-state index in [-0.39, 0.29) is 5.52 Å². The van der Waals surface area contributed by atoms with Crippen molar-refractivity contribution in [3.63, 3.8) is 0 Å². The van der Waals surface area contributed by atoms with Gasteiger partial charge in [-0.1, -0.05) is 0 Å². The van der Waals surface area contributed by atoms with Gasteiger partial charge in [0.25, 0.3) is 5.56 Å². The number of nitrogens with zero attached hydrogens (tertiary/aromatic N) is 2. The van der Waals surface area contributed by atoms with Crippen LogP contribution in [0.25, 0.3) is 11.2 Å². The lowest BCUT2D eigenvalue weighted by atomic mass is 10.5. The molecule has 0 radical (unpaired) electrons. The Bertz CT molecular complexity index is 638. The number of rotatable bonds is 4. The number of nitrogens with one attached hydrogen (secondary N) is 3. The Morgan fingerprint density at radius 3 is 2.82 bits per heavy atom. The van der Waals surface area contributed by atoms with Gasteiger partial charge in [-0.3, -0.25) is 14.3 Å². The van der Waals surface area contributed by atoms with Gasteiger partial charge in [-0.05, 0) is 0 Å². The summed E-state index contributed by atoms with van der Waals surface area (Å²) in [5, 5.41) is 2.78. The normalized spacial score (nSPS) is 10.9. The Morgan fingerprint density at radius 1 is 1.41 bits per heavy atom. The van der Waals surface area contributed by atoms with Crippen LogP contribution in [0.5, 0.6) is 0 Å². The maximum absolute atomic E-state index is 11.6. The summed E-state index contributed by atoms with van der Waals surface area (Å²) in [5.74, 6) is 0.433. The number of methoxy groups -OCH3 is 1. The highest BCUT2D eigenvalue weighted by atomic mass is 16.5. The molecule has 0 unspecified atom stereocenters. The van der Waals surface area contributed by atoms with Crippen molar-refractivity contribution in [2.45, 2.75) is 6.54 Å². The minimum Gasteiger partial charge on any atom is -0.383 e.